The number of nitrogens with one attached hydrogen (secondary N) is 2. The highest BCUT2D eigenvalue weighted by Gasteiger charge is 2.25. The molecule has 0 bridgehead atoms. The maximum Gasteiger partial charge on any atom is 0.0476 e. The maximum absolute atomic E-state index is 3.85. The summed E-state index contributed by atoms with van der Waals surface area (Å²) in [6, 6.07) is 9.31. The molecular weight excluding hydrogens is 244 g/mol. The quantitative estimate of drug-likeness (QED) is 0.852. The van der Waals surface area contributed by atoms with E-state index in [2.05, 4.69) is 34.6 Å². The van der Waals surface area contributed by atoms with E-state index in [1.807, 2.05) is 0 Å². The molecule has 2 heteroatoms. The van der Waals surface area contributed by atoms with Gasteiger partial charge in [0.2, 0.25) is 0 Å². The number of aromatic amines is 1. The second-order valence-corrected chi connectivity index (χ2v) is 6.57. The van der Waals surface area contributed by atoms with Gasteiger partial charge in [-0.05, 0) is 56.2 Å². The predicted octanol–water partition coefficient (Wildman–Crippen LogP) is 4.33. The summed E-state index contributed by atoms with van der Waals surface area (Å²) in [5.74, 6) is 0.921. The minimum absolute atomic E-state index is 0.548. The molecule has 2 aromatic rings. The fraction of sp³-hybridized carbons (Fsp3) is 0.556. The van der Waals surface area contributed by atoms with Gasteiger partial charge in [0.15, 0.2) is 0 Å². The van der Waals surface area contributed by atoms with Gasteiger partial charge < -0.3 is 10.3 Å². The molecule has 4 rings (SSSR count). The van der Waals surface area contributed by atoms with Crippen molar-refractivity contribution in [1.82, 2.24) is 10.3 Å². The van der Waals surface area contributed by atoms with Crippen molar-refractivity contribution in [3.05, 3.63) is 35.5 Å². The minimum atomic E-state index is 0.548. The average Bonchev–Trinajstić information content (AvgIpc) is 3.12. The van der Waals surface area contributed by atoms with E-state index in [1.165, 1.54) is 68.1 Å². The summed E-state index contributed by atoms with van der Waals surface area (Å²) in [5, 5.41) is 5.29. The molecule has 2 aliphatic rings. The fourth-order valence-corrected chi connectivity index (χ4v) is 4.14. The van der Waals surface area contributed by atoms with Crippen LogP contribution in [-0.2, 0) is 6.42 Å². The molecule has 1 unspecified atom stereocenters. The monoisotopic (exact) mass is 268 g/mol. The highest BCUT2D eigenvalue weighted by molar-refractivity contribution is 5.85. The molecule has 2 nitrogen and oxygen atoms in total. The van der Waals surface area contributed by atoms with Gasteiger partial charge in [-0.3, -0.25) is 0 Å². The SMILES string of the molecule is c1ccc2c3c([nH]c2c1)C(NCC1CCCC1)CCC3. The van der Waals surface area contributed by atoms with Crippen molar-refractivity contribution in [2.75, 3.05) is 6.54 Å². The lowest BCUT2D eigenvalue weighted by atomic mass is 9.91. The van der Waals surface area contributed by atoms with Gasteiger partial charge in [0.05, 0.1) is 0 Å². The van der Waals surface area contributed by atoms with Crippen LogP contribution < -0.4 is 5.32 Å². The van der Waals surface area contributed by atoms with Crippen LogP contribution in [0.2, 0.25) is 0 Å². The van der Waals surface area contributed by atoms with Crippen molar-refractivity contribution in [2.24, 2.45) is 5.92 Å². The first-order valence-corrected chi connectivity index (χ1v) is 8.24. The van der Waals surface area contributed by atoms with Crippen molar-refractivity contribution >= 4 is 10.9 Å². The molecular formula is C18H24N2. The molecule has 20 heavy (non-hydrogen) atoms. The molecule has 0 spiro atoms. The van der Waals surface area contributed by atoms with Crippen LogP contribution in [0.15, 0.2) is 24.3 Å². The standard InChI is InChI=1S/C18H24N2/c1-2-7-13(6-1)12-19-17-11-5-9-15-14-8-3-4-10-16(14)20-18(15)17/h3-4,8,10,13,17,19-20H,1-2,5-7,9,11-12H2. The zero-order valence-corrected chi connectivity index (χ0v) is 12.1. The number of rotatable bonds is 3. The summed E-state index contributed by atoms with van der Waals surface area (Å²) in [5.41, 5.74) is 4.35. The van der Waals surface area contributed by atoms with E-state index in [9.17, 15) is 0 Å². The average molecular weight is 268 g/mol. The lowest BCUT2D eigenvalue weighted by molar-refractivity contribution is 0.400. The summed E-state index contributed by atoms with van der Waals surface area (Å²) in [7, 11) is 0. The van der Waals surface area contributed by atoms with E-state index < -0.39 is 0 Å². The van der Waals surface area contributed by atoms with Crippen molar-refractivity contribution in [3.8, 4) is 0 Å². The molecule has 106 valence electrons. The molecule has 0 radical (unpaired) electrons. The van der Waals surface area contributed by atoms with E-state index in [4.69, 9.17) is 0 Å². The zero-order valence-electron chi connectivity index (χ0n) is 12.1. The Labute approximate surface area is 121 Å². The van der Waals surface area contributed by atoms with Gasteiger partial charge in [-0.1, -0.05) is 31.0 Å². The number of para-hydroxylation sites is 1. The van der Waals surface area contributed by atoms with Crippen molar-refractivity contribution < 1.29 is 0 Å². The van der Waals surface area contributed by atoms with Gasteiger partial charge >= 0.3 is 0 Å². The first-order valence-electron chi connectivity index (χ1n) is 8.24. The van der Waals surface area contributed by atoms with E-state index in [0.717, 1.165) is 5.92 Å². The molecule has 1 aromatic carbocycles. The van der Waals surface area contributed by atoms with Crippen LogP contribution in [0, 0.1) is 5.92 Å². The lowest BCUT2D eigenvalue weighted by Gasteiger charge is -2.25. The molecule has 1 heterocycles. The molecule has 1 aromatic heterocycles. The minimum Gasteiger partial charge on any atom is -0.357 e. The molecule has 0 saturated heterocycles. The Morgan fingerprint density at radius 3 is 2.80 bits per heavy atom. The molecule has 0 amide bonds. The second kappa shape index (κ2) is 5.25. The number of hydrogen-bond acceptors (Lipinski definition) is 1. The maximum atomic E-state index is 3.85. The Bertz CT molecular complexity index is 592. The molecule has 1 saturated carbocycles. The lowest BCUT2D eigenvalue weighted by Crippen LogP contribution is -2.29. The molecule has 1 atom stereocenters. The van der Waals surface area contributed by atoms with Crippen LogP contribution in [0.1, 0.15) is 55.8 Å². The number of fused-ring (bicyclic) bond motifs is 3. The van der Waals surface area contributed by atoms with E-state index in [-0.39, 0.29) is 0 Å². The van der Waals surface area contributed by atoms with E-state index in [0.29, 0.717) is 6.04 Å². The Morgan fingerprint density at radius 1 is 1.05 bits per heavy atom. The normalized spacial score (nSPS) is 23.3. The van der Waals surface area contributed by atoms with Gasteiger partial charge in [-0.25, -0.2) is 0 Å². The molecule has 1 fully saturated rings. The number of aromatic nitrogens is 1. The third-order valence-electron chi connectivity index (χ3n) is 5.24. The van der Waals surface area contributed by atoms with E-state index in [1.54, 1.807) is 5.56 Å². The Balaban J connectivity index is 1.57. The summed E-state index contributed by atoms with van der Waals surface area (Å²) < 4.78 is 0. The van der Waals surface area contributed by atoms with Crippen molar-refractivity contribution in [3.63, 3.8) is 0 Å². The largest absolute Gasteiger partial charge is 0.357 e. The molecule has 2 aliphatic carbocycles. The van der Waals surface area contributed by atoms with Crippen LogP contribution in [0.4, 0.5) is 0 Å². The smallest absolute Gasteiger partial charge is 0.0476 e. The van der Waals surface area contributed by atoms with Crippen LogP contribution in [-0.4, -0.2) is 11.5 Å². The van der Waals surface area contributed by atoms with Gasteiger partial charge in [-0.15, -0.1) is 0 Å². The topological polar surface area (TPSA) is 27.8 Å². The predicted molar refractivity (Wildman–Crippen MR) is 83.9 cm³/mol. The van der Waals surface area contributed by atoms with Crippen molar-refractivity contribution in [2.45, 2.75) is 51.0 Å². The zero-order chi connectivity index (χ0) is 13.4. The number of benzene rings is 1. The van der Waals surface area contributed by atoms with E-state index >= 15 is 0 Å². The summed E-state index contributed by atoms with van der Waals surface area (Å²) in [6.07, 6.45) is 9.58. The third-order valence-corrected chi connectivity index (χ3v) is 5.24. The van der Waals surface area contributed by atoms with Crippen LogP contribution in [0.3, 0.4) is 0 Å². The van der Waals surface area contributed by atoms with Crippen LogP contribution >= 0.6 is 0 Å². The van der Waals surface area contributed by atoms with Gasteiger partial charge in [-0.2, -0.15) is 0 Å². The van der Waals surface area contributed by atoms with Gasteiger partial charge in [0.25, 0.3) is 0 Å². The number of aryl methyl sites for hydroxylation is 1. The first-order chi connectivity index (χ1) is 9.92. The summed E-state index contributed by atoms with van der Waals surface area (Å²) in [4.78, 5) is 3.68. The van der Waals surface area contributed by atoms with Crippen LogP contribution in [0.5, 0.6) is 0 Å². The second-order valence-electron chi connectivity index (χ2n) is 6.57. The highest BCUT2D eigenvalue weighted by Crippen LogP contribution is 2.35. The fourth-order valence-electron chi connectivity index (χ4n) is 4.14. The molecule has 0 aliphatic heterocycles. The number of H-pyrrole nitrogens is 1. The Hall–Kier alpha value is -1.28. The van der Waals surface area contributed by atoms with Crippen LogP contribution in [0.25, 0.3) is 10.9 Å². The summed E-state index contributed by atoms with van der Waals surface area (Å²) in [6.45, 7) is 1.21. The first kappa shape index (κ1) is 12.5. The van der Waals surface area contributed by atoms with Crippen molar-refractivity contribution in [1.29, 1.82) is 0 Å². The third kappa shape index (κ3) is 2.16. The Kier molecular flexibility index (Phi) is 3.27. The summed E-state index contributed by atoms with van der Waals surface area (Å²) >= 11 is 0. The molecule has 2 N–H and O–H groups in total. The number of hydrogen-bond donors (Lipinski definition) is 2. The highest BCUT2D eigenvalue weighted by atomic mass is 15.0. The van der Waals surface area contributed by atoms with Gasteiger partial charge in [0, 0.05) is 22.6 Å². The van der Waals surface area contributed by atoms with Gasteiger partial charge in [0.1, 0.15) is 0 Å². The Morgan fingerprint density at radius 2 is 1.90 bits per heavy atom.